The summed E-state index contributed by atoms with van der Waals surface area (Å²) >= 11 is 5.75. The molecule has 0 saturated carbocycles. The average Bonchev–Trinajstić information content (AvgIpc) is 2.68. The van der Waals surface area contributed by atoms with Crippen LogP contribution < -0.4 is 0 Å². The number of hydrogen-bond donors (Lipinski definition) is 1. The quantitative estimate of drug-likeness (QED) is 0.851. The van der Waals surface area contributed by atoms with E-state index in [1.165, 1.54) is 0 Å². The topological polar surface area (TPSA) is 59.2 Å². The Balaban J connectivity index is 2.33. The molecule has 1 heterocycles. The molecule has 0 saturated heterocycles. The van der Waals surface area contributed by atoms with Gasteiger partial charge in [-0.1, -0.05) is 16.8 Å². The first-order valence-corrected chi connectivity index (χ1v) is 4.82. The van der Waals surface area contributed by atoms with E-state index in [1.54, 1.807) is 31.2 Å². The second-order valence-electron chi connectivity index (χ2n) is 3.14. The van der Waals surface area contributed by atoms with Crippen LogP contribution in [0.1, 0.15) is 18.9 Å². The molecule has 0 aliphatic rings. The number of aliphatic hydroxyl groups excluding tert-OH is 1. The first-order valence-electron chi connectivity index (χ1n) is 4.44. The van der Waals surface area contributed by atoms with Crippen LogP contribution >= 0.6 is 11.6 Å². The molecular weight excluding hydrogens is 216 g/mol. The minimum Gasteiger partial charge on any atom is -0.384 e. The number of aliphatic hydroxyl groups is 1. The molecule has 0 amide bonds. The molecule has 0 radical (unpaired) electrons. The molecule has 5 heteroatoms. The van der Waals surface area contributed by atoms with Gasteiger partial charge in [0.1, 0.15) is 6.10 Å². The number of rotatable bonds is 2. The van der Waals surface area contributed by atoms with Gasteiger partial charge in [-0.15, -0.1) is 0 Å². The van der Waals surface area contributed by atoms with Crippen molar-refractivity contribution in [3.05, 3.63) is 35.2 Å². The van der Waals surface area contributed by atoms with Gasteiger partial charge >= 0.3 is 0 Å². The standard InChI is InChI=1S/C10H9ClN2O2/c1-6(14)10-12-9(13-15-10)7-2-4-8(11)5-3-7/h2-6,14H,1H3/t6-/m0/s1. The maximum Gasteiger partial charge on any atom is 0.255 e. The Morgan fingerprint density at radius 1 is 1.33 bits per heavy atom. The third-order valence-electron chi connectivity index (χ3n) is 1.90. The zero-order valence-electron chi connectivity index (χ0n) is 8.01. The highest BCUT2D eigenvalue weighted by Crippen LogP contribution is 2.20. The molecule has 4 nitrogen and oxygen atoms in total. The fourth-order valence-electron chi connectivity index (χ4n) is 1.12. The fraction of sp³-hybridized carbons (Fsp3) is 0.200. The van der Waals surface area contributed by atoms with E-state index in [4.69, 9.17) is 16.1 Å². The fourth-order valence-corrected chi connectivity index (χ4v) is 1.25. The van der Waals surface area contributed by atoms with E-state index < -0.39 is 6.10 Å². The van der Waals surface area contributed by atoms with E-state index >= 15 is 0 Å². The first kappa shape index (κ1) is 10.1. The SMILES string of the molecule is C[C@H](O)c1nc(-c2ccc(Cl)cc2)no1. The van der Waals surface area contributed by atoms with Gasteiger partial charge in [0, 0.05) is 10.6 Å². The van der Waals surface area contributed by atoms with Crippen LogP contribution in [0.2, 0.25) is 5.02 Å². The highest BCUT2D eigenvalue weighted by atomic mass is 35.5. The second-order valence-corrected chi connectivity index (χ2v) is 3.58. The van der Waals surface area contributed by atoms with E-state index in [1.807, 2.05) is 0 Å². The van der Waals surface area contributed by atoms with Crippen LogP contribution in [-0.2, 0) is 0 Å². The normalized spacial score (nSPS) is 12.7. The molecule has 1 aromatic heterocycles. The third-order valence-corrected chi connectivity index (χ3v) is 2.15. The monoisotopic (exact) mass is 224 g/mol. The molecule has 78 valence electrons. The number of nitrogens with zero attached hydrogens (tertiary/aromatic N) is 2. The average molecular weight is 225 g/mol. The van der Waals surface area contributed by atoms with Gasteiger partial charge in [-0.05, 0) is 31.2 Å². The lowest BCUT2D eigenvalue weighted by atomic mass is 10.2. The maximum atomic E-state index is 9.21. The van der Waals surface area contributed by atoms with E-state index in [0.717, 1.165) is 5.56 Å². The molecule has 0 spiro atoms. The Hall–Kier alpha value is -1.39. The van der Waals surface area contributed by atoms with Gasteiger partial charge in [0.2, 0.25) is 5.82 Å². The predicted molar refractivity (Wildman–Crippen MR) is 55.4 cm³/mol. The Labute approximate surface area is 91.5 Å². The van der Waals surface area contributed by atoms with Crippen LogP contribution in [0.3, 0.4) is 0 Å². The van der Waals surface area contributed by atoms with Crippen LogP contribution in [0.15, 0.2) is 28.8 Å². The Morgan fingerprint density at radius 2 is 2.00 bits per heavy atom. The molecule has 0 unspecified atom stereocenters. The van der Waals surface area contributed by atoms with Gasteiger partial charge in [0.25, 0.3) is 5.89 Å². The molecule has 1 N–H and O–H groups in total. The van der Waals surface area contributed by atoms with Crippen molar-refractivity contribution >= 4 is 11.6 Å². The zero-order valence-corrected chi connectivity index (χ0v) is 8.77. The summed E-state index contributed by atoms with van der Waals surface area (Å²) in [4.78, 5) is 4.04. The smallest absolute Gasteiger partial charge is 0.255 e. The predicted octanol–water partition coefficient (Wildman–Crippen LogP) is 2.44. The van der Waals surface area contributed by atoms with Crippen molar-refractivity contribution in [1.82, 2.24) is 10.1 Å². The number of aromatic nitrogens is 2. The van der Waals surface area contributed by atoms with Gasteiger partial charge < -0.3 is 9.63 Å². The lowest BCUT2D eigenvalue weighted by Crippen LogP contribution is -1.90. The highest BCUT2D eigenvalue weighted by Gasteiger charge is 2.12. The molecule has 2 aromatic rings. The lowest BCUT2D eigenvalue weighted by Gasteiger charge is -1.94. The van der Waals surface area contributed by atoms with Gasteiger partial charge in [-0.3, -0.25) is 0 Å². The first-order chi connectivity index (χ1) is 7.16. The molecule has 1 atom stereocenters. The van der Waals surface area contributed by atoms with Crippen LogP contribution in [-0.4, -0.2) is 15.2 Å². The van der Waals surface area contributed by atoms with Crippen molar-refractivity contribution in [3.8, 4) is 11.4 Å². The largest absolute Gasteiger partial charge is 0.384 e. The number of benzene rings is 1. The summed E-state index contributed by atoms with van der Waals surface area (Å²) < 4.78 is 4.87. The summed E-state index contributed by atoms with van der Waals surface area (Å²) in [5, 5.41) is 13.6. The van der Waals surface area contributed by atoms with Gasteiger partial charge in [0.05, 0.1) is 0 Å². The molecule has 15 heavy (non-hydrogen) atoms. The van der Waals surface area contributed by atoms with Crippen LogP contribution in [0.4, 0.5) is 0 Å². The highest BCUT2D eigenvalue weighted by molar-refractivity contribution is 6.30. The van der Waals surface area contributed by atoms with E-state index in [-0.39, 0.29) is 5.89 Å². The number of hydrogen-bond acceptors (Lipinski definition) is 4. The Kier molecular flexibility index (Phi) is 2.70. The molecule has 2 rings (SSSR count). The van der Waals surface area contributed by atoms with Crippen molar-refractivity contribution < 1.29 is 9.63 Å². The summed E-state index contributed by atoms with van der Waals surface area (Å²) in [6.45, 7) is 1.57. The summed E-state index contributed by atoms with van der Waals surface area (Å²) in [5.41, 5.74) is 0.801. The van der Waals surface area contributed by atoms with E-state index in [9.17, 15) is 5.11 Å². The van der Waals surface area contributed by atoms with Crippen LogP contribution in [0.5, 0.6) is 0 Å². The van der Waals surface area contributed by atoms with Gasteiger partial charge in [-0.25, -0.2) is 0 Å². The van der Waals surface area contributed by atoms with Gasteiger partial charge in [-0.2, -0.15) is 4.98 Å². The summed E-state index contributed by atoms with van der Waals surface area (Å²) in [5.74, 6) is 0.655. The Morgan fingerprint density at radius 3 is 2.53 bits per heavy atom. The van der Waals surface area contributed by atoms with E-state index in [2.05, 4.69) is 10.1 Å². The second kappa shape index (κ2) is 4.00. The minimum atomic E-state index is -0.751. The minimum absolute atomic E-state index is 0.208. The molecule has 0 aliphatic carbocycles. The summed E-state index contributed by atoms with van der Waals surface area (Å²) in [6, 6.07) is 7.07. The summed E-state index contributed by atoms with van der Waals surface area (Å²) in [7, 11) is 0. The molecule has 0 aliphatic heterocycles. The van der Waals surface area contributed by atoms with Gasteiger partial charge in [0.15, 0.2) is 0 Å². The Bertz CT molecular complexity index is 451. The number of halogens is 1. The molecule has 0 fully saturated rings. The van der Waals surface area contributed by atoms with Crippen LogP contribution in [0, 0.1) is 0 Å². The molecule has 1 aromatic carbocycles. The van der Waals surface area contributed by atoms with E-state index in [0.29, 0.717) is 10.8 Å². The third kappa shape index (κ3) is 2.16. The molecule has 0 bridgehead atoms. The maximum absolute atomic E-state index is 9.21. The van der Waals surface area contributed by atoms with Crippen molar-refractivity contribution in [2.75, 3.05) is 0 Å². The lowest BCUT2D eigenvalue weighted by molar-refractivity contribution is 0.152. The van der Waals surface area contributed by atoms with Crippen molar-refractivity contribution in [2.24, 2.45) is 0 Å². The van der Waals surface area contributed by atoms with Crippen LogP contribution in [0.25, 0.3) is 11.4 Å². The molecular formula is C10H9ClN2O2. The van der Waals surface area contributed by atoms with Crippen molar-refractivity contribution in [3.63, 3.8) is 0 Å². The van der Waals surface area contributed by atoms with Crippen molar-refractivity contribution in [2.45, 2.75) is 13.0 Å². The summed E-state index contributed by atoms with van der Waals surface area (Å²) in [6.07, 6.45) is -0.751. The zero-order chi connectivity index (χ0) is 10.8. The van der Waals surface area contributed by atoms with Crippen molar-refractivity contribution in [1.29, 1.82) is 0 Å².